The number of benzene rings is 1. The number of nitrogens with zero attached hydrogens (tertiary/aromatic N) is 1. The fourth-order valence-electron chi connectivity index (χ4n) is 3.62. The van der Waals surface area contributed by atoms with E-state index in [1.807, 2.05) is 0 Å². The van der Waals surface area contributed by atoms with Gasteiger partial charge in [0.25, 0.3) is 0 Å². The molecule has 1 aromatic carbocycles. The van der Waals surface area contributed by atoms with Gasteiger partial charge in [0.15, 0.2) is 0 Å². The number of aliphatic carboxylic acids is 2. The van der Waals surface area contributed by atoms with Crippen LogP contribution in [-0.2, 0) is 19.2 Å². The number of fused-ring (bicyclic) bond motifs is 1. The van der Waals surface area contributed by atoms with Crippen molar-refractivity contribution in [2.45, 2.75) is 58.7 Å². The molecule has 1 aromatic rings. The van der Waals surface area contributed by atoms with Crippen molar-refractivity contribution in [3.63, 3.8) is 0 Å². The number of para-hydroxylation sites is 2. The SMILES string of the molecule is CC(C)[C@H](NC(=O)N1c2ccccc2NC(=O)[C@@H]1C(C)C)C(=O)N[C@H](CCC(=O)O)C(=O)O. The van der Waals surface area contributed by atoms with E-state index in [-0.39, 0.29) is 18.2 Å². The second kappa shape index (κ2) is 10.8. The van der Waals surface area contributed by atoms with E-state index < -0.39 is 54.3 Å². The topological polar surface area (TPSA) is 165 Å². The lowest BCUT2D eigenvalue weighted by atomic mass is 9.97. The van der Waals surface area contributed by atoms with Gasteiger partial charge in [-0.3, -0.25) is 19.3 Å². The van der Waals surface area contributed by atoms with E-state index in [1.54, 1.807) is 52.0 Å². The molecule has 3 atom stereocenters. The number of carbonyl (C=O) groups excluding carboxylic acids is 3. The van der Waals surface area contributed by atoms with Gasteiger partial charge in [-0.25, -0.2) is 9.59 Å². The van der Waals surface area contributed by atoms with Gasteiger partial charge in [0.1, 0.15) is 18.1 Å². The minimum atomic E-state index is -1.42. The number of amides is 4. The maximum Gasteiger partial charge on any atom is 0.326 e. The summed E-state index contributed by atoms with van der Waals surface area (Å²) in [5, 5.41) is 25.9. The summed E-state index contributed by atoms with van der Waals surface area (Å²) < 4.78 is 0. The van der Waals surface area contributed by atoms with Crippen LogP contribution >= 0.6 is 0 Å². The Labute approximate surface area is 191 Å². The van der Waals surface area contributed by atoms with Crippen molar-refractivity contribution < 1.29 is 34.2 Å². The molecule has 0 fully saturated rings. The molecule has 0 radical (unpaired) electrons. The van der Waals surface area contributed by atoms with E-state index in [0.717, 1.165) is 0 Å². The second-order valence-electron chi connectivity index (χ2n) is 8.57. The van der Waals surface area contributed by atoms with E-state index in [2.05, 4.69) is 16.0 Å². The first kappa shape index (κ1) is 25.6. The largest absolute Gasteiger partial charge is 0.481 e. The van der Waals surface area contributed by atoms with Gasteiger partial charge in [-0.2, -0.15) is 0 Å². The van der Waals surface area contributed by atoms with Gasteiger partial charge in [-0.1, -0.05) is 39.8 Å². The van der Waals surface area contributed by atoms with Crippen LogP contribution in [0.25, 0.3) is 0 Å². The maximum absolute atomic E-state index is 13.3. The molecule has 0 aromatic heterocycles. The Morgan fingerprint density at radius 2 is 1.70 bits per heavy atom. The predicted octanol–water partition coefficient (Wildman–Crippen LogP) is 1.64. The number of hydrogen-bond donors (Lipinski definition) is 5. The Bertz CT molecular complexity index is 931. The molecule has 33 heavy (non-hydrogen) atoms. The van der Waals surface area contributed by atoms with Crippen molar-refractivity contribution in [3.8, 4) is 0 Å². The summed E-state index contributed by atoms with van der Waals surface area (Å²) in [7, 11) is 0. The van der Waals surface area contributed by atoms with Crippen LogP contribution in [0, 0.1) is 11.8 Å². The zero-order chi connectivity index (χ0) is 24.9. The molecular formula is C22H30N4O7. The van der Waals surface area contributed by atoms with Gasteiger partial charge in [0, 0.05) is 6.42 Å². The highest BCUT2D eigenvalue weighted by Crippen LogP contribution is 2.34. The van der Waals surface area contributed by atoms with Crippen LogP contribution in [0.5, 0.6) is 0 Å². The first-order valence-corrected chi connectivity index (χ1v) is 10.7. The monoisotopic (exact) mass is 462 g/mol. The molecule has 11 heteroatoms. The van der Waals surface area contributed by atoms with Crippen LogP contribution in [-0.4, -0.2) is 58.1 Å². The first-order valence-electron chi connectivity index (χ1n) is 10.7. The highest BCUT2D eigenvalue weighted by atomic mass is 16.4. The Kier molecular flexibility index (Phi) is 8.38. The average molecular weight is 463 g/mol. The van der Waals surface area contributed by atoms with E-state index in [9.17, 15) is 29.1 Å². The molecule has 0 saturated heterocycles. The van der Waals surface area contributed by atoms with Crippen molar-refractivity contribution in [1.29, 1.82) is 0 Å². The number of nitrogens with one attached hydrogen (secondary N) is 3. The second-order valence-corrected chi connectivity index (χ2v) is 8.57. The van der Waals surface area contributed by atoms with Crippen LogP contribution in [0.4, 0.5) is 16.2 Å². The molecule has 0 aliphatic carbocycles. The minimum Gasteiger partial charge on any atom is -0.481 e. The Hall–Kier alpha value is -3.63. The summed E-state index contributed by atoms with van der Waals surface area (Å²) in [5.41, 5.74) is 0.931. The summed E-state index contributed by atoms with van der Waals surface area (Å²) in [4.78, 5) is 62.4. The van der Waals surface area contributed by atoms with Crippen molar-refractivity contribution in [2.75, 3.05) is 10.2 Å². The predicted molar refractivity (Wildman–Crippen MR) is 120 cm³/mol. The van der Waals surface area contributed by atoms with Gasteiger partial charge < -0.3 is 26.2 Å². The van der Waals surface area contributed by atoms with Crippen LogP contribution in [0.15, 0.2) is 24.3 Å². The van der Waals surface area contributed by atoms with E-state index in [0.29, 0.717) is 11.4 Å². The number of anilines is 2. The summed E-state index contributed by atoms with van der Waals surface area (Å²) in [6, 6.07) is 2.75. The zero-order valence-electron chi connectivity index (χ0n) is 19.0. The zero-order valence-corrected chi connectivity index (χ0v) is 19.0. The lowest BCUT2D eigenvalue weighted by molar-refractivity contribution is -0.143. The first-order chi connectivity index (χ1) is 15.4. The standard InChI is InChI=1S/C22H30N4O7/c1-11(2)17(19(29)24-14(21(31)32)9-10-16(27)28)25-22(33)26-15-8-6-5-7-13(15)23-20(30)18(26)12(3)4/h5-8,11-12,14,17-18H,9-10H2,1-4H3,(H,23,30)(H,24,29)(H,25,33)(H,27,28)(H,31,32)/t14-,17+,18+/m1/s1. The van der Waals surface area contributed by atoms with Crippen molar-refractivity contribution in [3.05, 3.63) is 24.3 Å². The van der Waals surface area contributed by atoms with Crippen LogP contribution < -0.4 is 20.9 Å². The highest BCUT2D eigenvalue weighted by molar-refractivity contribution is 6.12. The third kappa shape index (κ3) is 6.21. The van der Waals surface area contributed by atoms with Gasteiger partial charge >= 0.3 is 18.0 Å². The molecule has 1 heterocycles. The molecule has 180 valence electrons. The number of urea groups is 1. The van der Waals surface area contributed by atoms with Crippen molar-refractivity contribution in [2.24, 2.45) is 11.8 Å². The van der Waals surface area contributed by atoms with Crippen molar-refractivity contribution in [1.82, 2.24) is 10.6 Å². The number of carbonyl (C=O) groups is 5. The molecule has 0 spiro atoms. The quantitative estimate of drug-likeness (QED) is 0.372. The molecular weight excluding hydrogens is 432 g/mol. The average Bonchev–Trinajstić information content (AvgIpc) is 2.72. The summed E-state index contributed by atoms with van der Waals surface area (Å²) in [5.74, 6) is -4.33. The summed E-state index contributed by atoms with van der Waals surface area (Å²) in [6.45, 7) is 6.94. The molecule has 11 nitrogen and oxygen atoms in total. The smallest absolute Gasteiger partial charge is 0.326 e. The highest BCUT2D eigenvalue weighted by Gasteiger charge is 2.40. The molecule has 0 unspecified atom stereocenters. The third-order valence-corrected chi connectivity index (χ3v) is 5.31. The number of carboxylic acid groups (broad SMARTS) is 2. The van der Waals surface area contributed by atoms with E-state index in [4.69, 9.17) is 5.11 Å². The van der Waals surface area contributed by atoms with E-state index >= 15 is 0 Å². The molecule has 5 N–H and O–H groups in total. The van der Waals surface area contributed by atoms with Crippen LogP contribution in [0.2, 0.25) is 0 Å². The number of carboxylic acids is 2. The summed E-state index contributed by atoms with van der Waals surface area (Å²) in [6.07, 6.45) is -0.740. The van der Waals surface area contributed by atoms with Gasteiger partial charge in [0.05, 0.1) is 11.4 Å². The Morgan fingerprint density at radius 3 is 2.24 bits per heavy atom. The number of rotatable bonds is 9. The fourth-order valence-corrected chi connectivity index (χ4v) is 3.62. The normalized spacial score (nSPS) is 17.1. The van der Waals surface area contributed by atoms with E-state index in [1.165, 1.54) is 4.90 Å². The Morgan fingerprint density at radius 1 is 1.06 bits per heavy atom. The molecule has 0 bridgehead atoms. The van der Waals surface area contributed by atoms with Gasteiger partial charge in [-0.15, -0.1) is 0 Å². The molecule has 4 amide bonds. The number of hydrogen-bond acceptors (Lipinski definition) is 5. The van der Waals surface area contributed by atoms with Crippen molar-refractivity contribution >= 4 is 41.2 Å². The minimum absolute atomic E-state index is 0.233. The molecule has 1 aliphatic heterocycles. The lowest BCUT2D eigenvalue weighted by Gasteiger charge is -2.39. The van der Waals surface area contributed by atoms with Gasteiger partial charge in [0.2, 0.25) is 11.8 Å². The Balaban J connectivity index is 2.28. The molecule has 2 rings (SSSR count). The third-order valence-electron chi connectivity index (χ3n) is 5.31. The molecule has 0 saturated carbocycles. The van der Waals surface area contributed by atoms with Crippen LogP contribution in [0.3, 0.4) is 0 Å². The fraction of sp³-hybridized carbons (Fsp3) is 0.500. The summed E-state index contributed by atoms with van der Waals surface area (Å²) >= 11 is 0. The molecule has 1 aliphatic rings. The van der Waals surface area contributed by atoms with Gasteiger partial charge in [-0.05, 0) is 30.4 Å². The van der Waals surface area contributed by atoms with Crippen LogP contribution in [0.1, 0.15) is 40.5 Å². The maximum atomic E-state index is 13.3. The lowest BCUT2D eigenvalue weighted by Crippen LogP contribution is -2.61.